The molecule has 0 bridgehead atoms. The third kappa shape index (κ3) is 5.46. The Morgan fingerprint density at radius 3 is 2.49 bits per heavy atom. The number of nitrogens with zero attached hydrogens (tertiary/aromatic N) is 5. The highest BCUT2D eigenvalue weighted by atomic mass is 16.3. The average molecular weight is 510 g/mol. The van der Waals surface area contributed by atoms with Gasteiger partial charge in [0, 0.05) is 56.7 Å². The summed E-state index contributed by atoms with van der Waals surface area (Å²) >= 11 is 0. The highest BCUT2D eigenvalue weighted by Gasteiger charge is 2.44. The number of rotatable bonds is 6. The van der Waals surface area contributed by atoms with Crippen LogP contribution in [0.4, 0.5) is 11.5 Å². The summed E-state index contributed by atoms with van der Waals surface area (Å²) in [5, 5.41) is 17.9. The largest absolute Gasteiger partial charge is 0.581 e. The maximum absolute atomic E-state index is 9.01. The standard InChI is InChI=1S/C28H44N8O/c1-6-20-16-36(17-20)21-14-22(32-23(15-21)35-12-10-34(5)11-13-35)26(31)33-27(37)28(4)9-7-8-18(2)24(28)25(30)19(3)29/h14-15,20H,6-13,16-17,29-30H2,1-5H3,(H2,31,33,37)/p+1/b25-19-. The Kier molecular flexibility index (Phi) is 7.83. The second-order valence-corrected chi connectivity index (χ2v) is 11.3. The summed E-state index contributed by atoms with van der Waals surface area (Å²) in [7, 11) is 2.14. The number of nitrogens with one attached hydrogen (secondary N) is 1. The fourth-order valence-corrected chi connectivity index (χ4v) is 5.72. The Bertz CT molecular complexity index is 1120. The Morgan fingerprint density at radius 1 is 1.19 bits per heavy atom. The molecule has 1 unspecified atom stereocenters. The van der Waals surface area contributed by atoms with Crippen LogP contribution in [0.2, 0.25) is 0 Å². The molecule has 202 valence electrons. The summed E-state index contributed by atoms with van der Waals surface area (Å²) in [5.74, 6) is 1.76. The molecular weight excluding hydrogens is 464 g/mol. The first-order chi connectivity index (χ1) is 17.5. The number of pyridine rings is 1. The summed E-state index contributed by atoms with van der Waals surface area (Å²) in [4.78, 5) is 16.4. The van der Waals surface area contributed by atoms with Crippen molar-refractivity contribution in [3.8, 4) is 0 Å². The minimum Gasteiger partial charge on any atom is -0.581 e. The maximum atomic E-state index is 9.01. The van der Waals surface area contributed by atoms with Gasteiger partial charge in [-0.3, -0.25) is 5.41 Å². The monoisotopic (exact) mass is 509 g/mol. The molecule has 2 aliphatic heterocycles. The van der Waals surface area contributed by atoms with Gasteiger partial charge in [-0.2, -0.15) is 0 Å². The van der Waals surface area contributed by atoms with Crippen LogP contribution in [-0.4, -0.2) is 73.0 Å². The van der Waals surface area contributed by atoms with Crippen molar-refractivity contribution in [3.63, 3.8) is 0 Å². The minimum absolute atomic E-state index is 0.0191. The van der Waals surface area contributed by atoms with Gasteiger partial charge in [0.25, 0.3) is 0 Å². The van der Waals surface area contributed by atoms with E-state index in [0.29, 0.717) is 23.0 Å². The second kappa shape index (κ2) is 10.7. The average Bonchev–Trinajstić information content (AvgIpc) is 2.83. The molecule has 0 amide bonds. The molecule has 37 heavy (non-hydrogen) atoms. The topological polar surface area (TPSA) is 134 Å². The van der Waals surface area contributed by atoms with Crippen LogP contribution in [0.5, 0.6) is 0 Å². The molecule has 7 N–H and O–H groups in total. The smallest absolute Gasteiger partial charge is 0.343 e. The van der Waals surface area contributed by atoms with E-state index in [0.717, 1.165) is 81.2 Å². The van der Waals surface area contributed by atoms with Crippen LogP contribution in [-0.2, 0) is 0 Å². The normalized spacial score (nSPS) is 24.7. The molecule has 2 fully saturated rings. The number of likely N-dealkylation sites (N-methyl/N-ethyl adjacent to an activating group) is 1. The van der Waals surface area contributed by atoms with Crippen LogP contribution in [0.3, 0.4) is 0 Å². The molecule has 0 aromatic carbocycles. The summed E-state index contributed by atoms with van der Waals surface area (Å²) in [6, 6.07) is 4.12. The van der Waals surface area contributed by atoms with Gasteiger partial charge < -0.3 is 31.3 Å². The molecule has 0 radical (unpaired) electrons. The SMILES string of the molecule is CCC1CN(c2cc(C(=N)N=C([OH2+])C3(C)CCCC(C)=C3/C(N)=C(\C)N)nc(N3CCN(C)CC3)c2)C1. The van der Waals surface area contributed by atoms with E-state index in [1.165, 1.54) is 6.42 Å². The van der Waals surface area contributed by atoms with Crippen molar-refractivity contribution in [2.75, 3.05) is 56.1 Å². The van der Waals surface area contributed by atoms with Crippen molar-refractivity contribution < 1.29 is 5.11 Å². The number of hydrogen-bond donors (Lipinski definition) is 3. The zero-order chi connectivity index (χ0) is 26.9. The van der Waals surface area contributed by atoms with Crippen molar-refractivity contribution >= 4 is 23.2 Å². The lowest BCUT2D eigenvalue weighted by molar-refractivity contribution is 0.312. The van der Waals surface area contributed by atoms with Crippen molar-refractivity contribution in [2.24, 2.45) is 27.8 Å². The first-order valence-corrected chi connectivity index (χ1v) is 13.6. The first-order valence-electron chi connectivity index (χ1n) is 13.6. The number of allylic oxidation sites excluding steroid dienone is 3. The molecule has 1 aromatic rings. The van der Waals surface area contributed by atoms with E-state index < -0.39 is 5.41 Å². The van der Waals surface area contributed by atoms with Gasteiger partial charge in [-0.25, -0.2) is 4.98 Å². The predicted molar refractivity (Wildman–Crippen MR) is 154 cm³/mol. The van der Waals surface area contributed by atoms with Gasteiger partial charge in [0.05, 0.1) is 5.70 Å². The van der Waals surface area contributed by atoms with E-state index in [-0.39, 0.29) is 11.7 Å². The summed E-state index contributed by atoms with van der Waals surface area (Å²) in [6.45, 7) is 13.9. The Morgan fingerprint density at radius 2 is 1.86 bits per heavy atom. The van der Waals surface area contributed by atoms with Crippen LogP contribution >= 0.6 is 0 Å². The Balaban J connectivity index is 1.68. The molecule has 9 nitrogen and oxygen atoms in total. The Hall–Kier alpha value is -3.07. The predicted octanol–water partition coefficient (Wildman–Crippen LogP) is 2.78. The number of anilines is 2. The molecule has 4 rings (SSSR count). The summed E-state index contributed by atoms with van der Waals surface area (Å²) < 4.78 is 0. The van der Waals surface area contributed by atoms with Gasteiger partial charge in [0.1, 0.15) is 16.9 Å². The number of hydrogen-bond acceptors (Lipinski definition) is 7. The van der Waals surface area contributed by atoms with E-state index in [2.05, 4.69) is 46.7 Å². The van der Waals surface area contributed by atoms with Gasteiger partial charge in [0.2, 0.25) is 0 Å². The number of piperazine rings is 1. The van der Waals surface area contributed by atoms with Gasteiger partial charge in [0.15, 0.2) is 5.84 Å². The molecule has 0 spiro atoms. The number of aromatic nitrogens is 1. The summed E-state index contributed by atoms with van der Waals surface area (Å²) in [5.41, 5.74) is 16.5. The lowest BCUT2D eigenvalue weighted by Gasteiger charge is -2.41. The van der Waals surface area contributed by atoms with E-state index in [9.17, 15) is 0 Å². The van der Waals surface area contributed by atoms with E-state index >= 15 is 0 Å². The Labute approximate surface area is 221 Å². The maximum Gasteiger partial charge on any atom is 0.343 e. The lowest BCUT2D eigenvalue weighted by atomic mass is 9.69. The van der Waals surface area contributed by atoms with Gasteiger partial charge in [-0.15, -0.1) is 4.99 Å². The zero-order valence-corrected chi connectivity index (χ0v) is 23.2. The van der Waals surface area contributed by atoms with Crippen molar-refractivity contribution in [1.29, 1.82) is 5.41 Å². The third-order valence-corrected chi connectivity index (χ3v) is 8.41. The van der Waals surface area contributed by atoms with Gasteiger partial charge >= 0.3 is 5.90 Å². The van der Waals surface area contributed by atoms with E-state index in [1.54, 1.807) is 6.92 Å². The molecule has 0 saturated carbocycles. The molecule has 1 aromatic heterocycles. The fourth-order valence-electron chi connectivity index (χ4n) is 5.72. The van der Waals surface area contributed by atoms with Crippen LogP contribution in [0.1, 0.15) is 59.1 Å². The number of aliphatic imine (C=N–C) groups is 1. The first kappa shape index (κ1) is 27.0. The van der Waals surface area contributed by atoms with Crippen LogP contribution in [0, 0.1) is 16.7 Å². The quantitative estimate of drug-likeness (QED) is 0.307. The molecule has 1 atom stereocenters. The molecule has 3 heterocycles. The van der Waals surface area contributed by atoms with E-state index in [4.69, 9.17) is 27.0 Å². The molecule has 2 saturated heterocycles. The van der Waals surface area contributed by atoms with Gasteiger partial charge in [-0.05, 0) is 71.1 Å². The number of nitrogens with two attached hydrogens (primary N) is 2. The third-order valence-electron chi connectivity index (χ3n) is 8.41. The fraction of sp³-hybridized carbons (Fsp3) is 0.607. The van der Waals surface area contributed by atoms with Crippen LogP contribution < -0.4 is 21.3 Å². The van der Waals surface area contributed by atoms with E-state index in [1.807, 2.05) is 13.0 Å². The lowest BCUT2D eigenvalue weighted by Crippen LogP contribution is -2.47. The van der Waals surface area contributed by atoms with Crippen LogP contribution in [0.15, 0.2) is 39.7 Å². The highest BCUT2D eigenvalue weighted by molar-refractivity contribution is 6.04. The molecular formula is C28H45N8O+. The van der Waals surface area contributed by atoms with Crippen molar-refractivity contribution in [3.05, 3.63) is 40.4 Å². The number of amidine groups is 1. The van der Waals surface area contributed by atoms with Crippen LogP contribution in [0.25, 0.3) is 0 Å². The summed E-state index contributed by atoms with van der Waals surface area (Å²) in [6.07, 6.45) is 3.80. The molecule has 1 aliphatic carbocycles. The van der Waals surface area contributed by atoms with Crippen molar-refractivity contribution in [1.82, 2.24) is 9.88 Å². The minimum atomic E-state index is -0.691. The highest BCUT2D eigenvalue weighted by Crippen LogP contribution is 2.44. The molecule has 3 aliphatic rings. The zero-order valence-electron chi connectivity index (χ0n) is 23.2. The second-order valence-electron chi connectivity index (χ2n) is 11.3. The van der Waals surface area contributed by atoms with Crippen molar-refractivity contribution in [2.45, 2.75) is 53.4 Å². The van der Waals surface area contributed by atoms with Gasteiger partial charge in [-0.1, -0.05) is 12.5 Å². The molecule has 9 heteroatoms.